The molecule has 0 spiro atoms. The number of hydrogen-bond acceptors (Lipinski definition) is 2. The van der Waals surface area contributed by atoms with Crippen molar-refractivity contribution in [1.29, 1.82) is 5.26 Å². The van der Waals surface area contributed by atoms with Crippen LogP contribution in [0.15, 0.2) is 0 Å². The molecule has 2 heteroatoms. The van der Waals surface area contributed by atoms with E-state index in [9.17, 15) is 0 Å². The molecule has 0 amide bonds. The Labute approximate surface area is 74.0 Å². The molecule has 0 aromatic rings. The lowest BCUT2D eigenvalue weighted by Gasteiger charge is -2.21. The lowest BCUT2D eigenvalue weighted by molar-refractivity contribution is 0.323. The van der Waals surface area contributed by atoms with Crippen LogP contribution in [0.2, 0.25) is 0 Å². The second kappa shape index (κ2) is 3.45. The van der Waals surface area contributed by atoms with Crippen LogP contribution >= 0.6 is 0 Å². The molecule has 3 atom stereocenters. The van der Waals surface area contributed by atoms with Crippen LogP contribution in [-0.4, -0.2) is 13.1 Å². The third-order valence-electron chi connectivity index (χ3n) is 3.50. The van der Waals surface area contributed by atoms with Crippen LogP contribution in [0.1, 0.15) is 25.7 Å². The second-order valence-corrected chi connectivity index (χ2v) is 4.22. The van der Waals surface area contributed by atoms with E-state index < -0.39 is 0 Å². The Morgan fingerprint density at radius 2 is 2.25 bits per heavy atom. The van der Waals surface area contributed by atoms with Crippen molar-refractivity contribution in [3.8, 4) is 6.07 Å². The molecule has 0 radical (unpaired) electrons. The molecular formula is C10H16N2. The van der Waals surface area contributed by atoms with Gasteiger partial charge in [0.2, 0.25) is 0 Å². The van der Waals surface area contributed by atoms with Gasteiger partial charge in [0.1, 0.15) is 0 Å². The minimum atomic E-state index is 0.522. The quantitative estimate of drug-likeness (QED) is 0.507. The van der Waals surface area contributed by atoms with E-state index in [0.717, 1.165) is 24.3 Å². The van der Waals surface area contributed by atoms with Crippen LogP contribution in [0.25, 0.3) is 0 Å². The number of rotatable bonds is 3. The van der Waals surface area contributed by atoms with Crippen molar-refractivity contribution in [2.24, 2.45) is 17.8 Å². The van der Waals surface area contributed by atoms with Crippen molar-refractivity contribution in [1.82, 2.24) is 5.32 Å². The van der Waals surface area contributed by atoms with Gasteiger partial charge < -0.3 is 5.32 Å². The van der Waals surface area contributed by atoms with Gasteiger partial charge in [0.25, 0.3) is 0 Å². The first-order valence-corrected chi connectivity index (χ1v) is 4.98. The number of nitrogens with zero attached hydrogens (tertiary/aromatic N) is 1. The minimum absolute atomic E-state index is 0.522. The molecule has 0 heterocycles. The molecule has 0 aliphatic heterocycles. The zero-order chi connectivity index (χ0) is 8.39. The van der Waals surface area contributed by atoms with E-state index in [1.165, 1.54) is 25.7 Å². The number of nitriles is 1. The Morgan fingerprint density at radius 1 is 1.33 bits per heavy atom. The van der Waals surface area contributed by atoms with Crippen LogP contribution in [-0.2, 0) is 0 Å². The lowest BCUT2D eigenvalue weighted by atomic mass is 9.89. The Kier molecular flexibility index (Phi) is 2.32. The molecule has 2 saturated carbocycles. The average Bonchev–Trinajstić information content (AvgIpc) is 2.65. The van der Waals surface area contributed by atoms with Gasteiger partial charge in [-0.15, -0.1) is 0 Å². The highest BCUT2D eigenvalue weighted by molar-refractivity contribution is 4.91. The van der Waals surface area contributed by atoms with E-state index >= 15 is 0 Å². The van der Waals surface area contributed by atoms with Gasteiger partial charge in [0.15, 0.2) is 0 Å². The summed E-state index contributed by atoms with van der Waals surface area (Å²) in [5.41, 5.74) is 0. The molecule has 0 aromatic carbocycles. The summed E-state index contributed by atoms with van der Waals surface area (Å²) < 4.78 is 0. The zero-order valence-corrected chi connectivity index (χ0v) is 7.42. The zero-order valence-electron chi connectivity index (χ0n) is 7.42. The van der Waals surface area contributed by atoms with E-state index in [-0.39, 0.29) is 0 Å². The number of fused-ring (bicyclic) bond motifs is 2. The van der Waals surface area contributed by atoms with Gasteiger partial charge >= 0.3 is 0 Å². The maximum Gasteiger partial charge on any atom is 0.0841 e. The molecule has 2 nitrogen and oxygen atoms in total. The van der Waals surface area contributed by atoms with Crippen LogP contribution in [0, 0.1) is 29.1 Å². The summed E-state index contributed by atoms with van der Waals surface area (Å²) in [5, 5.41) is 11.6. The van der Waals surface area contributed by atoms with E-state index in [1.807, 2.05) is 0 Å². The van der Waals surface area contributed by atoms with Gasteiger partial charge in [-0.2, -0.15) is 5.26 Å². The fourth-order valence-electron chi connectivity index (χ4n) is 2.94. The number of nitrogens with one attached hydrogen (secondary N) is 1. The van der Waals surface area contributed by atoms with Crippen LogP contribution in [0.4, 0.5) is 0 Å². The van der Waals surface area contributed by atoms with E-state index in [2.05, 4.69) is 11.4 Å². The Bertz CT molecular complexity index is 195. The topological polar surface area (TPSA) is 35.8 Å². The summed E-state index contributed by atoms with van der Waals surface area (Å²) in [7, 11) is 0. The van der Waals surface area contributed by atoms with Crippen LogP contribution in [0.5, 0.6) is 0 Å². The predicted molar refractivity (Wildman–Crippen MR) is 47.4 cm³/mol. The first-order valence-electron chi connectivity index (χ1n) is 4.98. The summed E-state index contributed by atoms with van der Waals surface area (Å²) in [5.74, 6) is 2.90. The van der Waals surface area contributed by atoms with Crippen molar-refractivity contribution >= 4 is 0 Å². The second-order valence-electron chi connectivity index (χ2n) is 4.22. The maximum atomic E-state index is 8.36. The first-order chi connectivity index (χ1) is 5.90. The highest BCUT2D eigenvalue weighted by Gasteiger charge is 2.38. The summed E-state index contributed by atoms with van der Waals surface area (Å²) in [4.78, 5) is 0. The smallest absolute Gasteiger partial charge is 0.0841 e. The molecule has 2 aliphatic rings. The molecule has 2 fully saturated rings. The van der Waals surface area contributed by atoms with Crippen molar-refractivity contribution in [3.05, 3.63) is 0 Å². The van der Waals surface area contributed by atoms with Crippen molar-refractivity contribution in [3.63, 3.8) is 0 Å². The standard InChI is InChI=1S/C10H16N2/c11-3-4-12-7-10-6-8-1-2-9(10)5-8/h8-10,12H,1-2,4-7H2. The largest absolute Gasteiger partial charge is 0.304 e. The van der Waals surface area contributed by atoms with Crippen molar-refractivity contribution in [2.75, 3.05) is 13.1 Å². The van der Waals surface area contributed by atoms with Crippen molar-refractivity contribution in [2.45, 2.75) is 25.7 Å². The molecule has 3 unspecified atom stereocenters. The summed E-state index contributed by atoms with van der Waals surface area (Å²) in [6.45, 7) is 1.60. The SMILES string of the molecule is N#CCNCC1CC2CCC1C2. The van der Waals surface area contributed by atoms with E-state index in [0.29, 0.717) is 6.54 Å². The first kappa shape index (κ1) is 8.07. The molecule has 66 valence electrons. The lowest BCUT2D eigenvalue weighted by Crippen LogP contribution is -2.26. The van der Waals surface area contributed by atoms with Crippen LogP contribution < -0.4 is 5.32 Å². The Balaban J connectivity index is 1.73. The maximum absolute atomic E-state index is 8.36. The fourth-order valence-corrected chi connectivity index (χ4v) is 2.94. The third-order valence-corrected chi connectivity index (χ3v) is 3.50. The fraction of sp³-hybridized carbons (Fsp3) is 0.900. The summed E-state index contributed by atoms with van der Waals surface area (Å²) >= 11 is 0. The average molecular weight is 164 g/mol. The molecule has 2 aliphatic carbocycles. The molecule has 0 aromatic heterocycles. The number of hydrogen-bond donors (Lipinski definition) is 1. The highest BCUT2D eigenvalue weighted by Crippen LogP contribution is 2.47. The molecule has 2 rings (SSSR count). The van der Waals surface area contributed by atoms with Gasteiger partial charge in [-0.1, -0.05) is 6.42 Å². The van der Waals surface area contributed by atoms with Gasteiger partial charge in [0.05, 0.1) is 12.6 Å². The minimum Gasteiger partial charge on any atom is -0.304 e. The monoisotopic (exact) mass is 164 g/mol. The van der Waals surface area contributed by atoms with E-state index in [1.54, 1.807) is 0 Å². The predicted octanol–water partition coefficient (Wildman–Crippen LogP) is 1.54. The van der Waals surface area contributed by atoms with Gasteiger partial charge in [-0.05, 0) is 43.6 Å². The molecule has 1 N–H and O–H groups in total. The summed E-state index contributed by atoms with van der Waals surface area (Å²) in [6, 6.07) is 2.12. The molecule has 2 bridgehead atoms. The molecule has 12 heavy (non-hydrogen) atoms. The Morgan fingerprint density at radius 3 is 2.83 bits per heavy atom. The van der Waals surface area contributed by atoms with Gasteiger partial charge in [-0.25, -0.2) is 0 Å². The molecular weight excluding hydrogens is 148 g/mol. The molecule has 0 saturated heterocycles. The van der Waals surface area contributed by atoms with Crippen LogP contribution in [0.3, 0.4) is 0 Å². The Hall–Kier alpha value is -0.550. The normalized spacial score (nSPS) is 38.4. The third kappa shape index (κ3) is 1.47. The van der Waals surface area contributed by atoms with Gasteiger partial charge in [0, 0.05) is 0 Å². The van der Waals surface area contributed by atoms with E-state index in [4.69, 9.17) is 5.26 Å². The van der Waals surface area contributed by atoms with Crippen molar-refractivity contribution < 1.29 is 0 Å². The highest BCUT2D eigenvalue weighted by atomic mass is 14.9. The summed E-state index contributed by atoms with van der Waals surface area (Å²) in [6.07, 6.45) is 5.81. The van der Waals surface area contributed by atoms with Gasteiger partial charge in [-0.3, -0.25) is 0 Å².